The Morgan fingerprint density at radius 1 is 0.806 bits per heavy atom. The van der Waals surface area contributed by atoms with Crippen LogP contribution >= 0.6 is 0 Å². The molecule has 0 amide bonds. The molecule has 6 heteroatoms. The number of aryl methyl sites for hydroxylation is 1. The zero-order valence-electron chi connectivity index (χ0n) is 18.6. The minimum atomic E-state index is -4.42. The summed E-state index contributed by atoms with van der Waals surface area (Å²) in [7, 11) is -4.42. The number of benzene rings is 2. The first kappa shape index (κ1) is 25.2. The summed E-state index contributed by atoms with van der Waals surface area (Å²) in [6.07, 6.45) is 13.7. The monoisotopic (exact) mass is 448 g/mol. The van der Waals surface area contributed by atoms with E-state index in [1.807, 2.05) is 6.07 Å². The Kier molecular flexibility index (Phi) is 10.9. The van der Waals surface area contributed by atoms with Gasteiger partial charge in [0.25, 0.3) is 10.1 Å². The fraction of sp³-hybridized carbons (Fsp3) is 0.520. The summed E-state index contributed by atoms with van der Waals surface area (Å²) in [5.74, 6) is 0.327. The van der Waals surface area contributed by atoms with Crippen LogP contribution in [0.2, 0.25) is 0 Å². The lowest BCUT2D eigenvalue weighted by molar-refractivity contribution is 0.408. The van der Waals surface area contributed by atoms with Crippen LogP contribution in [0.25, 0.3) is 0 Å². The van der Waals surface area contributed by atoms with Gasteiger partial charge in [-0.05, 0) is 36.6 Å². The molecule has 172 valence electrons. The summed E-state index contributed by atoms with van der Waals surface area (Å²) in [5, 5.41) is 10.3. The number of rotatable bonds is 15. The molecule has 2 rings (SSSR count). The second-order valence-corrected chi connectivity index (χ2v) is 9.49. The predicted molar refractivity (Wildman–Crippen MR) is 125 cm³/mol. The van der Waals surface area contributed by atoms with Crippen LogP contribution < -0.4 is 4.74 Å². The number of ether oxygens (including phenoxy) is 1. The van der Waals surface area contributed by atoms with Crippen molar-refractivity contribution in [2.45, 2.75) is 88.9 Å². The van der Waals surface area contributed by atoms with Crippen molar-refractivity contribution < 1.29 is 22.8 Å². The third-order valence-electron chi connectivity index (χ3n) is 5.44. The van der Waals surface area contributed by atoms with Crippen LogP contribution in [0.15, 0.2) is 47.4 Å². The van der Waals surface area contributed by atoms with Crippen molar-refractivity contribution in [3.05, 3.63) is 48.0 Å². The Hall–Kier alpha value is -2.05. The first-order valence-electron chi connectivity index (χ1n) is 11.5. The summed E-state index contributed by atoms with van der Waals surface area (Å²) in [6.45, 7) is 2.23. The van der Waals surface area contributed by atoms with Crippen LogP contribution in [0.4, 0.5) is 0 Å². The molecule has 0 saturated heterocycles. The Bertz CT molecular complexity index is 878. The second kappa shape index (κ2) is 13.4. The highest BCUT2D eigenvalue weighted by molar-refractivity contribution is 7.85. The van der Waals surface area contributed by atoms with E-state index in [2.05, 4.69) is 6.92 Å². The van der Waals surface area contributed by atoms with Gasteiger partial charge in [-0.2, -0.15) is 8.42 Å². The van der Waals surface area contributed by atoms with Crippen molar-refractivity contribution in [3.63, 3.8) is 0 Å². The molecule has 0 fully saturated rings. The Morgan fingerprint density at radius 3 is 1.90 bits per heavy atom. The van der Waals surface area contributed by atoms with Crippen molar-refractivity contribution in [1.29, 1.82) is 0 Å². The molecule has 2 aromatic rings. The van der Waals surface area contributed by atoms with E-state index in [1.165, 1.54) is 63.5 Å². The van der Waals surface area contributed by atoms with E-state index in [0.717, 1.165) is 19.3 Å². The molecule has 31 heavy (non-hydrogen) atoms. The van der Waals surface area contributed by atoms with E-state index in [0.29, 0.717) is 17.7 Å². The molecule has 0 aliphatic heterocycles. The van der Waals surface area contributed by atoms with E-state index in [9.17, 15) is 18.1 Å². The van der Waals surface area contributed by atoms with Gasteiger partial charge in [-0.3, -0.25) is 4.55 Å². The molecule has 0 radical (unpaired) electrons. The fourth-order valence-corrected chi connectivity index (χ4v) is 4.45. The van der Waals surface area contributed by atoms with Crippen LogP contribution in [0.5, 0.6) is 17.2 Å². The van der Waals surface area contributed by atoms with Crippen molar-refractivity contribution in [2.24, 2.45) is 0 Å². The lowest BCUT2D eigenvalue weighted by atomic mass is 10.0. The summed E-state index contributed by atoms with van der Waals surface area (Å²) >= 11 is 0. The standard InChI is InChI=1S/C25H36O5S/c1-2-3-4-5-6-7-8-9-10-11-13-16-21-19-23(26)24(20-25(21)31(27,28)29)30-22-17-14-12-15-18-22/h12,14-15,17-20,26H,2-11,13,16H2,1H3,(H,27,28,29). The third-order valence-corrected chi connectivity index (χ3v) is 6.38. The number of aromatic hydroxyl groups is 1. The zero-order chi connectivity index (χ0) is 22.5. The summed E-state index contributed by atoms with van der Waals surface area (Å²) < 4.78 is 39.0. The summed E-state index contributed by atoms with van der Waals surface area (Å²) in [6, 6.07) is 11.4. The van der Waals surface area contributed by atoms with E-state index in [4.69, 9.17) is 4.74 Å². The van der Waals surface area contributed by atoms with Gasteiger partial charge in [-0.1, -0.05) is 89.3 Å². The Labute approximate surface area is 187 Å². The number of unbranched alkanes of at least 4 members (excludes halogenated alkanes) is 10. The van der Waals surface area contributed by atoms with Gasteiger partial charge in [0.05, 0.1) is 0 Å². The molecule has 0 atom stereocenters. The quantitative estimate of drug-likeness (QED) is 0.221. The van der Waals surface area contributed by atoms with Crippen molar-refractivity contribution >= 4 is 10.1 Å². The molecule has 0 saturated carbocycles. The average Bonchev–Trinajstić information content (AvgIpc) is 2.73. The highest BCUT2D eigenvalue weighted by Crippen LogP contribution is 2.35. The minimum absolute atomic E-state index is 0.00140. The Morgan fingerprint density at radius 2 is 1.35 bits per heavy atom. The van der Waals surface area contributed by atoms with E-state index >= 15 is 0 Å². The maximum Gasteiger partial charge on any atom is 0.294 e. The lowest BCUT2D eigenvalue weighted by Gasteiger charge is -2.13. The molecule has 0 heterocycles. The van der Waals surface area contributed by atoms with Gasteiger partial charge in [-0.25, -0.2) is 0 Å². The van der Waals surface area contributed by atoms with Gasteiger partial charge in [0.1, 0.15) is 10.6 Å². The maximum atomic E-state index is 11.9. The van der Waals surface area contributed by atoms with Gasteiger partial charge in [0.15, 0.2) is 11.5 Å². The van der Waals surface area contributed by atoms with E-state index < -0.39 is 10.1 Å². The molecule has 0 aliphatic carbocycles. The first-order valence-corrected chi connectivity index (χ1v) is 12.9. The normalized spacial score (nSPS) is 11.5. The molecule has 2 aromatic carbocycles. The first-order chi connectivity index (χ1) is 14.9. The van der Waals surface area contributed by atoms with Crippen LogP contribution in [-0.2, 0) is 16.5 Å². The van der Waals surface area contributed by atoms with Crippen LogP contribution in [0.1, 0.15) is 83.1 Å². The number of phenols is 1. The van der Waals surface area contributed by atoms with Gasteiger partial charge in [-0.15, -0.1) is 0 Å². The van der Waals surface area contributed by atoms with Gasteiger partial charge in [0, 0.05) is 6.07 Å². The molecule has 0 aromatic heterocycles. The molecule has 0 unspecified atom stereocenters. The second-order valence-electron chi connectivity index (χ2n) is 8.10. The lowest BCUT2D eigenvalue weighted by Crippen LogP contribution is -2.04. The SMILES string of the molecule is CCCCCCCCCCCCCc1cc(O)c(Oc2ccccc2)cc1S(=O)(=O)O. The largest absolute Gasteiger partial charge is 0.504 e. The fourth-order valence-electron chi connectivity index (χ4n) is 3.71. The molecule has 0 bridgehead atoms. The topological polar surface area (TPSA) is 83.8 Å². The van der Waals surface area contributed by atoms with Crippen LogP contribution in [0, 0.1) is 0 Å². The molecule has 0 spiro atoms. The minimum Gasteiger partial charge on any atom is -0.504 e. The molecule has 0 aliphatic rings. The zero-order valence-corrected chi connectivity index (χ0v) is 19.4. The van der Waals surface area contributed by atoms with E-state index in [-0.39, 0.29) is 16.4 Å². The molecule has 2 N–H and O–H groups in total. The van der Waals surface area contributed by atoms with E-state index in [1.54, 1.807) is 24.3 Å². The Balaban J connectivity index is 1.84. The van der Waals surface area contributed by atoms with Crippen LogP contribution in [0.3, 0.4) is 0 Å². The smallest absolute Gasteiger partial charge is 0.294 e. The maximum absolute atomic E-state index is 11.9. The summed E-state index contributed by atoms with van der Waals surface area (Å²) in [5.41, 5.74) is 0.413. The van der Waals surface area contributed by atoms with Gasteiger partial charge < -0.3 is 9.84 Å². The van der Waals surface area contributed by atoms with Crippen molar-refractivity contribution in [2.75, 3.05) is 0 Å². The highest BCUT2D eigenvalue weighted by atomic mass is 32.2. The molecule has 5 nitrogen and oxygen atoms in total. The van der Waals surface area contributed by atoms with Gasteiger partial charge in [0.2, 0.25) is 0 Å². The summed E-state index contributed by atoms with van der Waals surface area (Å²) in [4.78, 5) is -0.205. The van der Waals surface area contributed by atoms with Crippen molar-refractivity contribution in [1.82, 2.24) is 0 Å². The highest BCUT2D eigenvalue weighted by Gasteiger charge is 2.20. The molecular weight excluding hydrogens is 412 g/mol. The van der Waals surface area contributed by atoms with Crippen molar-refractivity contribution in [3.8, 4) is 17.2 Å². The number of para-hydroxylation sites is 1. The number of hydrogen-bond donors (Lipinski definition) is 2. The van der Waals surface area contributed by atoms with Gasteiger partial charge >= 0.3 is 0 Å². The third kappa shape index (κ3) is 9.32. The number of hydrogen-bond acceptors (Lipinski definition) is 4. The predicted octanol–water partition coefficient (Wildman–Crippen LogP) is 7.28. The van der Waals surface area contributed by atoms with Crippen LogP contribution in [-0.4, -0.2) is 18.1 Å². The average molecular weight is 449 g/mol. The molecular formula is C25H36O5S. The number of phenolic OH excluding ortho intramolecular Hbond substituents is 1.